The highest BCUT2D eigenvalue weighted by Gasteiger charge is 2.20. The summed E-state index contributed by atoms with van der Waals surface area (Å²) in [5.41, 5.74) is 2.19. The molecule has 0 saturated carbocycles. The Balaban J connectivity index is 1.79. The van der Waals surface area contributed by atoms with E-state index in [1.807, 2.05) is 35.2 Å². The van der Waals surface area contributed by atoms with Crippen LogP contribution in [0.3, 0.4) is 0 Å². The lowest BCUT2D eigenvalue weighted by Crippen LogP contribution is -2.49. The summed E-state index contributed by atoms with van der Waals surface area (Å²) < 4.78 is 0. The molecule has 1 aliphatic heterocycles. The van der Waals surface area contributed by atoms with Crippen molar-refractivity contribution in [2.75, 3.05) is 38.0 Å². The van der Waals surface area contributed by atoms with Gasteiger partial charge in [0, 0.05) is 38.4 Å². The molecule has 0 unspecified atom stereocenters. The average Bonchev–Trinajstić information content (AvgIpc) is 2.46. The van der Waals surface area contributed by atoms with Crippen molar-refractivity contribution < 1.29 is 4.79 Å². The van der Waals surface area contributed by atoms with Crippen LogP contribution in [0.5, 0.6) is 0 Å². The van der Waals surface area contributed by atoms with Crippen LogP contribution in [0.1, 0.15) is 13.8 Å². The number of hydrogen-bond acceptors (Lipinski definition) is 2. The second kappa shape index (κ2) is 7.10. The van der Waals surface area contributed by atoms with Gasteiger partial charge in [0.2, 0.25) is 0 Å². The van der Waals surface area contributed by atoms with Crippen molar-refractivity contribution in [1.29, 1.82) is 0 Å². The molecule has 0 aromatic heterocycles. The lowest BCUT2D eigenvalue weighted by atomic mass is 10.2. The van der Waals surface area contributed by atoms with Crippen LogP contribution in [0, 0.1) is 0 Å². The zero-order valence-corrected chi connectivity index (χ0v) is 12.3. The molecule has 2 amide bonds. The maximum Gasteiger partial charge on any atom is 0.321 e. The molecule has 0 bridgehead atoms. The Labute approximate surface area is 121 Å². The van der Waals surface area contributed by atoms with E-state index in [2.05, 4.69) is 30.1 Å². The number of piperazine rings is 1. The highest BCUT2D eigenvalue weighted by molar-refractivity contribution is 5.89. The van der Waals surface area contributed by atoms with Gasteiger partial charge in [-0.15, -0.1) is 0 Å². The van der Waals surface area contributed by atoms with Gasteiger partial charge in [-0.25, -0.2) is 4.79 Å². The molecule has 4 nitrogen and oxygen atoms in total. The zero-order valence-electron chi connectivity index (χ0n) is 12.3. The second-order valence-corrected chi connectivity index (χ2v) is 5.37. The average molecular weight is 273 g/mol. The third-order valence-corrected chi connectivity index (χ3v) is 3.44. The third-order valence-electron chi connectivity index (χ3n) is 3.44. The van der Waals surface area contributed by atoms with E-state index >= 15 is 0 Å². The highest BCUT2D eigenvalue weighted by atomic mass is 16.2. The summed E-state index contributed by atoms with van der Waals surface area (Å²) in [4.78, 5) is 16.4. The Morgan fingerprint density at radius 2 is 1.80 bits per heavy atom. The Morgan fingerprint density at radius 1 is 1.15 bits per heavy atom. The summed E-state index contributed by atoms with van der Waals surface area (Å²) in [6.07, 6.45) is 2.24. The minimum absolute atomic E-state index is 0.00179. The van der Waals surface area contributed by atoms with Crippen LogP contribution in [0.25, 0.3) is 0 Å². The van der Waals surface area contributed by atoms with Gasteiger partial charge < -0.3 is 10.2 Å². The van der Waals surface area contributed by atoms with Gasteiger partial charge in [-0.1, -0.05) is 29.8 Å². The number of carbonyl (C=O) groups excluding carboxylic acids is 1. The molecule has 1 fully saturated rings. The number of carbonyl (C=O) groups is 1. The first-order valence-corrected chi connectivity index (χ1v) is 7.12. The number of nitrogens with zero attached hydrogens (tertiary/aromatic N) is 2. The summed E-state index contributed by atoms with van der Waals surface area (Å²) in [7, 11) is 0. The SMILES string of the molecule is CC(C)=CCN1CCN(C(=O)Nc2ccccc2)CC1. The number of rotatable bonds is 3. The smallest absolute Gasteiger partial charge is 0.321 e. The van der Waals surface area contributed by atoms with Gasteiger partial charge in [0.25, 0.3) is 0 Å². The predicted molar refractivity (Wildman–Crippen MR) is 82.9 cm³/mol. The van der Waals surface area contributed by atoms with Gasteiger partial charge in [0.05, 0.1) is 0 Å². The van der Waals surface area contributed by atoms with Crippen molar-refractivity contribution >= 4 is 11.7 Å². The van der Waals surface area contributed by atoms with E-state index < -0.39 is 0 Å². The number of benzene rings is 1. The fraction of sp³-hybridized carbons (Fsp3) is 0.438. The number of anilines is 1. The summed E-state index contributed by atoms with van der Waals surface area (Å²) in [5.74, 6) is 0. The van der Waals surface area contributed by atoms with Gasteiger partial charge in [-0.05, 0) is 26.0 Å². The van der Waals surface area contributed by atoms with E-state index in [4.69, 9.17) is 0 Å². The lowest BCUT2D eigenvalue weighted by molar-refractivity contribution is 0.155. The number of amides is 2. The fourth-order valence-corrected chi connectivity index (χ4v) is 2.17. The molecule has 1 N–H and O–H groups in total. The topological polar surface area (TPSA) is 35.6 Å². The lowest BCUT2D eigenvalue weighted by Gasteiger charge is -2.34. The summed E-state index contributed by atoms with van der Waals surface area (Å²) in [6.45, 7) is 8.66. The van der Waals surface area contributed by atoms with E-state index in [0.717, 1.165) is 38.4 Å². The molecule has 0 radical (unpaired) electrons. The molecular weight excluding hydrogens is 250 g/mol. The molecule has 1 aromatic carbocycles. The molecule has 0 spiro atoms. The van der Waals surface area contributed by atoms with Crippen molar-refractivity contribution in [2.24, 2.45) is 0 Å². The number of para-hydroxylation sites is 1. The van der Waals surface area contributed by atoms with Crippen molar-refractivity contribution in [1.82, 2.24) is 9.80 Å². The Morgan fingerprint density at radius 3 is 2.40 bits per heavy atom. The fourth-order valence-electron chi connectivity index (χ4n) is 2.17. The van der Waals surface area contributed by atoms with Gasteiger partial charge in [0.15, 0.2) is 0 Å². The maximum atomic E-state index is 12.1. The molecule has 0 aliphatic carbocycles. The summed E-state index contributed by atoms with van der Waals surface area (Å²) >= 11 is 0. The van der Waals surface area contributed by atoms with Crippen LogP contribution in [-0.2, 0) is 0 Å². The molecule has 1 heterocycles. The molecule has 108 valence electrons. The first-order chi connectivity index (χ1) is 9.65. The molecule has 0 atom stereocenters. The Kier molecular flexibility index (Phi) is 5.18. The molecule has 1 aromatic rings. The Hall–Kier alpha value is -1.81. The van der Waals surface area contributed by atoms with Crippen LogP contribution in [0.15, 0.2) is 42.0 Å². The van der Waals surface area contributed by atoms with E-state index in [9.17, 15) is 4.79 Å². The van der Waals surface area contributed by atoms with Gasteiger partial charge in [0.1, 0.15) is 0 Å². The quantitative estimate of drug-likeness (QED) is 0.860. The van der Waals surface area contributed by atoms with Gasteiger partial charge in [-0.2, -0.15) is 0 Å². The molecule has 20 heavy (non-hydrogen) atoms. The number of nitrogens with one attached hydrogen (secondary N) is 1. The molecular formula is C16H23N3O. The number of allylic oxidation sites excluding steroid dienone is 1. The molecule has 1 aliphatic rings. The third kappa shape index (κ3) is 4.38. The van der Waals surface area contributed by atoms with E-state index in [-0.39, 0.29) is 6.03 Å². The predicted octanol–water partition coefficient (Wildman–Crippen LogP) is 2.80. The van der Waals surface area contributed by atoms with Gasteiger partial charge in [-0.3, -0.25) is 4.90 Å². The van der Waals surface area contributed by atoms with E-state index in [1.165, 1.54) is 5.57 Å². The Bertz CT molecular complexity index is 458. The normalized spacial score (nSPS) is 15.8. The van der Waals surface area contributed by atoms with Crippen molar-refractivity contribution in [2.45, 2.75) is 13.8 Å². The monoisotopic (exact) mass is 273 g/mol. The van der Waals surface area contributed by atoms with E-state index in [1.54, 1.807) is 0 Å². The van der Waals surface area contributed by atoms with Crippen molar-refractivity contribution in [3.05, 3.63) is 42.0 Å². The van der Waals surface area contributed by atoms with Crippen LogP contribution >= 0.6 is 0 Å². The first kappa shape index (κ1) is 14.6. The standard InChI is InChI=1S/C16H23N3O/c1-14(2)8-9-18-10-12-19(13-11-18)16(20)17-15-6-4-3-5-7-15/h3-8H,9-13H2,1-2H3,(H,17,20). The zero-order chi connectivity index (χ0) is 14.4. The second-order valence-electron chi connectivity index (χ2n) is 5.37. The largest absolute Gasteiger partial charge is 0.322 e. The summed E-state index contributed by atoms with van der Waals surface area (Å²) in [6, 6.07) is 9.60. The minimum atomic E-state index is -0.00179. The highest BCUT2D eigenvalue weighted by Crippen LogP contribution is 2.09. The maximum absolute atomic E-state index is 12.1. The first-order valence-electron chi connectivity index (χ1n) is 7.12. The van der Waals surface area contributed by atoms with Crippen LogP contribution in [-0.4, -0.2) is 48.6 Å². The van der Waals surface area contributed by atoms with Crippen LogP contribution in [0.2, 0.25) is 0 Å². The van der Waals surface area contributed by atoms with Crippen LogP contribution in [0.4, 0.5) is 10.5 Å². The van der Waals surface area contributed by atoms with Crippen molar-refractivity contribution in [3.63, 3.8) is 0 Å². The van der Waals surface area contributed by atoms with Gasteiger partial charge >= 0.3 is 6.03 Å². The molecule has 1 saturated heterocycles. The van der Waals surface area contributed by atoms with Crippen molar-refractivity contribution in [3.8, 4) is 0 Å². The summed E-state index contributed by atoms with van der Waals surface area (Å²) in [5, 5.41) is 2.93. The minimum Gasteiger partial charge on any atom is -0.322 e. The van der Waals surface area contributed by atoms with Crippen LogP contribution < -0.4 is 5.32 Å². The van der Waals surface area contributed by atoms with E-state index in [0.29, 0.717) is 0 Å². The number of urea groups is 1. The molecule has 4 heteroatoms. The number of hydrogen-bond donors (Lipinski definition) is 1. The molecule has 2 rings (SSSR count).